The zero-order valence-electron chi connectivity index (χ0n) is 12.7. The molecule has 0 aliphatic carbocycles. The number of rotatable bonds is 8. The van der Waals surface area contributed by atoms with Gasteiger partial charge >= 0.3 is 0 Å². The third kappa shape index (κ3) is 4.79. The maximum atomic E-state index is 9.99. The predicted molar refractivity (Wildman–Crippen MR) is 74.0 cm³/mol. The van der Waals surface area contributed by atoms with Gasteiger partial charge < -0.3 is 50.3 Å². The van der Waals surface area contributed by atoms with Crippen LogP contribution in [0.15, 0.2) is 0 Å². The van der Waals surface area contributed by atoms with Gasteiger partial charge in [-0.1, -0.05) is 6.92 Å². The van der Waals surface area contributed by atoms with Crippen LogP contribution in [0.3, 0.4) is 0 Å². The molecule has 1 saturated heterocycles. The normalized spacial score (nSPS) is 37.2. The Morgan fingerprint density at radius 2 is 1.57 bits per heavy atom. The summed E-state index contributed by atoms with van der Waals surface area (Å²) < 4.78 is 10.3. The minimum atomic E-state index is -1.73. The molecular formula is C13H26O10. The molecule has 0 spiro atoms. The average Bonchev–Trinajstić information content (AvgIpc) is 2.57. The molecule has 10 heteroatoms. The molecule has 0 aromatic rings. The fourth-order valence-corrected chi connectivity index (χ4v) is 2.30. The molecule has 1 aliphatic rings. The molecule has 7 unspecified atom stereocenters. The van der Waals surface area contributed by atoms with Crippen molar-refractivity contribution < 1.29 is 50.3 Å². The quantitative estimate of drug-likeness (QED) is 0.215. The lowest BCUT2D eigenvalue weighted by Gasteiger charge is -2.42. The molecule has 9 atom stereocenters. The SMILES string of the molecule is CCC(O)C(O)C(O[C@@H]1OC(CO)[C@@H](O)C(O)C1O)C(O)CO. The average molecular weight is 342 g/mol. The summed E-state index contributed by atoms with van der Waals surface area (Å²) in [5.41, 5.74) is 0. The van der Waals surface area contributed by atoms with Crippen LogP contribution in [0.2, 0.25) is 0 Å². The summed E-state index contributed by atoms with van der Waals surface area (Å²) in [5.74, 6) is 0. The van der Waals surface area contributed by atoms with Crippen molar-refractivity contribution in [3.63, 3.8) is 0 Å². The summed E-state index contributed by atoms with van der Waals surface area (Å²) >= 11 is 0. The topological polar surface area (TPSA) is 180 Å². The number of ether oxygens (including phenoxy) is 2. The van der Waals surface area contributed by atoms with Crippen LogP contribution in [0.5, 0.6) is 0 Å². The van der Waals surface area contributed by atoms with E-state index in [1.165, 1.54) is 0 Å². The number of aliphatic hydroxyl groups is 8. The van der Waals surface area contributed by atoms with Gasteiger partial charge in [0, 0.05) is 0 Å². The minimum absolute atomic E-state index is 0.133. The molecule has 1 rings (SSSR count). The van der Waals surface area contributed by atoms with E-state index in [1.807, 2.05) is 0 Å². The molecule has 1 heterocycles. The smallest absolute Gasteiger partial charge is 0.187 e. The Labute approximate surface area is 133 Å². The fraction of sp³-hybridized carbons (Fsp3) is 1.00. The molecule has 0 amide bonds. The van der Waals surface area contributed by atoms with Gasteiger partial charge in [-0.2, -0.15) is 0 Å². The molecule has 0 radical (unpaired) electrons. The lowest BCUT2D eigenvalue weighted by molar-refractivity contribution is -0.327. The minimum Gasteiger partial charge on any atom is -0.394 e. The molecule has 0 bridgehead atoms. The van der Waals surface area contributed by atoms with Gasteiger partial charge in [0.05, 0.1) is 19.3 Å². The van der Waals surface area contributed by atoms with Crippen molar-refractivity contribution in [2.24, 2.45) is 0 Å². The maximum absolute atomic E-state index is 9.99. The summed E-state index contributed by atoms with van der Waals surface area (Å²) in [5, 5.41) is 76.8. The monoisotopic (exact) mass is 342 g/mol. The Morgan fingerprint density at radius 1 is 0.957 bits per heavy atom. The number of hydrogen-bond acceptors (Lipinski definition) is 10. The first-order valence-corrected chi connectivity index (χ1v) is 7.39. The van der Waals surface area contributed by atoms with Gasteiger partial charge in [-0.15, -0.1) is 0 Å². The van der Waals surface area contributed by atoms with Gasteiger partial charge in [-0.05, 0) is 6.42 Å². The van der Waals surface area contributed by atoms with Crippen molar-refractivity contribution >= 4 is 0 Å². The Balaban J connectivity index is 2.89. The highest BCUT2D eigenvalue weighted by molar-refractivity contribution is 4.91. The second-order valence-electron chi connectivity index (χ2n) is 5.51. The van der Waals surface area contributed by atoms with Gasteiger partial charge in [-0.3, -0.25) is 0 Å². The molecule has 0 saturated carbocycles. The van der Waals surface area contributed by atoms with Crippen molar-refractivity contribution in [2.75, 3.05) is 13.2 Å². The van der Waals surface area contributed by atoms with Crippen molar-refractivity contribution in [2.45, 2.75) is 68.5 Å². The Kier molecular flexibility index (Phi) is 8.24. The second-order valence-corrected chi connectivity index (χ2v) is 5.51. The Morgan fingerprint density at radius 3 is 2.04 bits per heavy atom. The summed E-state index contributed by atoms with van der Waals surface area (Å²) in [4.78, 5) is 0. The van der Waals surface area contributed by atoms with Crippen LogP contribution in [-0.4, -0.2) is 109 Å². The summed E-state index contributed by atoms with van der Waals surface area (Å²) in [6, 6.07) is 0. The van der Waals surface area contributed by atoms with E-state index in [0.29, 0.717) is 0 Å². The summed E-state index contributed by atoms with van der Waals surface area (Å²) in [6.45, 7) is 0.109. The maximum Gasteiger partial charge on any atom is 0.187 e. The van der Waals surface area contributed by atoms with Gasteiger partial charge in [0.15, 0.2) is 6.29 Å². The van der Waals surface area contributed by atoms with E-state index in [2.05, 4.69) is 0 Å². The lowest BCUT2D eigenvalue weighted by Crippen LogP contribution is -2.61. The third-order valence-electron chi connectivity index (χ3n) is 3.86. The molecule has 1 aliphatic heterocycles. The lowest BCUT2D eigenvalue weighted by atomic mass is 9.98. The van der Waals surface area contributed by atoms with E-state index in [4.69, 9.17) is 19.7 Å². The molecule has 8 N–H and O–H groups in total. The van der Waals surface area contributed by atoms with Gasteiger partial charge in [0.25, 0.3) is 0 Å². The first kappa shape index (κ1) is 20.6. The van der Waals surface area contributed by atoms with Gasteiger partial charge in [-0.25, -0.2) is 0 Å². The fourth-order valence-electron chi connectivity index (χ4n) is 2.30. The molecule has 0 aromatic carbocycles. The number of aliphatic hydroxyl groups excluding tert-OH is 8. The molecular weight excluding hydrogens is 316 g/mol. The van der Waals surface area contributed by atoms with E-state index >= 15 is 0 Å². The molecule has 138 valence electrons. The van der Waals surface area contributed by atoms with Gasteiger partial charge in [0.1, 0.15) is 42.7 Å². The highest BCUT2D eigenvalue weighted by Crippen LogP contribution is 2.25. The summed E-state index contributed by atoms with van der Waals surface area (Å²) in [7, 11) is 0. The van der Waals surface area contributed by atoms with Crippen LogP contribution in [0.25, 0.3) is 0 Å². The Bertz CT molecular complexity index is 341. The molecule has 23 heavy (non-hydrogen) atoms. The van der Waals surface area contributed by atoms with Crippen molar-refractivity contribution in [1.29, 1.82) is 0 Å². The zero-order valence-corrected chi connectivity index (χ0v) is 12.7. The predicted octanol–water partition coefficient (Wildman–Crippen LogP) is -4.34. The van der Waals surface area contributed by atoms with Crippen LogP contribution in [-0.2, 0) is 9.47 Å². The first-order chi connectivity index (χ1) is 10.8. The molecule has 0 aromatic heterocycles. The third-order valence-corrected chi connectivity index (χ3v) is 3.86. The highest BCUT2D eigenvalue weighted by atomic mass is 16.7. The summed E-state index contributed by atoms with van der Waals surface area (Å²) in [6.07, 6.45) is -13.7. The van der Waals surface area contributed by atoms with E-state index in [-0.39, 0.29) is 6.42 Å². The van der Waals surface area contributed by atoms with Crippen molar-refractivity contribution in [3.8, 4) is 0 Å². The van der Waals surface area contributed by atoms with E-state index < -0.39 is 68.3 Å². The Hall–Kier alpha value is -0.400. The highest BCUT2D eigenvalue weighted by Gasteiger charge is 2.46. The van der Waals surface area contributed by atoms with Crippen molar-refractivity contribution in [1.82, 2.24) is 0 Å². The molecule has 1 fully saturated rings. The molecule has 10 nitrogen and oxygen atoms in total. The van der Waals surface area contributed by atoms with Crippen LogP contribution in [0.1, 0.15) is 13.3 Å². The van der Waals surface area contributed by atoms with Crippen LogP contribution >= 0.6 is 0 Å². The largest absolute Gasteiger partial charge is 0.394 e. The zero-order chi connectivity index (χ0) is 17.7. The standard InChI is InChI=1S/C13H26O10/c1-2-5(16)8(18)12(6(17)3-14)23-13-11(21)10(20)9(19)7(4-15)22-13/h5-21H,2-4H2,1H3/t5?,6?,7?,8?,9-,10?,11?,12?,13+/m1/s1. The van der Waals surface area contributed by atoms with Crippen LogP contribution in [0, 0.1) is 0 Å². The first-order valence-electron chi connectivity index (χ1n) is 7.39. The van der Waals surface area contributed by atoms with Crippen molar-refractivity contribution in [3.05, 3.63) is 0 Å². The van der Waals surface area contributed by atoms with E-state index in [9.17, 15) is 30.6 Å². The van der Waals surface area contributed by atoms with Crippen LogP contribution in [0.4, 0.5) is 0 Å². The second kappa shape index (κ2) is 9.18. The number of hydrogen-bond donors (Lipinski definition) is 8. The van der Waals surface area contributed by atoms with Gasteiger partial charge in [0.2, 0.25) is 0 Å². The van der Waals surface area contributed by atoms with E-state index in [1.54, 1.807) is 6.92 Å². The van der Waals surface area contributed by atoms with Crippen LogP contribution < -0.4 is 0 Å². The van der Waals surface area contributed by atoms with E-state index in [0.717, 1.165) is 0 Å².